The van der Waals surface area contributed by atoms with E-state index in [4.69, 9.17) is 5.11 Å². The van der Waals surface area contributed by atoms with Gasteiger partial charge in [0, 0.05) is 12.1 Å². The fraction of sp³-hybridized carbons (Fsp3) is 0.300. The lowest BCUT2D eigenvalue weighted by molar-refractivity contribution is -0.384. The summed E-state index contributed by atoms with van der Waals surface area (Å²) < 4.78 is 25.2. The molecule has 0 aliphatic carbocycles. The summed E-state index contributed by atoms with van der Waals surface area (Å²) in [6.07, 6.45) is 0. The lowest BCUT2D eigenvalue weighted by Crippen LogP contribution is -2.38. The van der Waals surface area contributed by atoms with Crippen LogP contribution in [-0.4, -0.2) is 30.5 Å². The molecule has 9 heteroatoms. The summed E-state index contributed by atoms with van der Waals surface area (Å²) in [4.78, 5) is 20.4. The molecule has 1 rings (SSSR count). The van der Waals surface area contributed by atoms with E-state index < -0.39 is 32.7 Å². The molecule has 0 aromatic heterocycles. The first-order chi connectivity index (χ1) is 8.71. The zero-order valence-corrected chi connectivity index (χ0v) is 10.8. The number of nitrogens with one attached hydrogen (secondary N) is 1. The van der Waals surface area contributed by atoms with Gasteiger partial charge in [-0.05, 0) is 12.5 Å². The molecule has 1 aromatic carbocycles. The van der Waals surface area contributed by atoms with Crippen molar-refractivity contribution in [2.24, 2.45) is 0 Å². The zero-order chi connectivity index (χ0) is 14.6. The Balaban J connectivity index is 2.78. The molecule has 0 saturated carbocycles. The van der Waals surface area contributed by atoms with E-state index in [1.165, 1.54) is 31.2 Å². The normalized spacial score (nSPS) is 12.9. The van der Waals surface area contributed by atoms with Crippen LogP contribution < -0.4 is 4.72 Å². The van der Waals surface area contributed by atoms with E-state index in [0.717, 1.165) is 0 Å². The fourth-order valence-electron chi connectivity index (χ4n) is 1.29. The molecule has 1 atom stereocenters. The number of hydrogen-bond acceptors (Lipinski definition) is 5. The third kappa shape index (κ3) is 4.64. The number of carbonyl (C=O) groups is 1. The number of rotatable bonds is 6. The fourth-order valence-corrected chi connectivity index (χ4v) is 2.65. The van der Waals surface area contributed by atoms with Gasteiger partial charge >= 0.3 is 5.97 Å². The lowest BCUT2D eigenvalue weighted by Gasteiger charge is -2.09. The van der Waals surface area contributed by atoms with E-state index in [-0.39, 0.29) is 5.69 Å². The molecule has 0 spiro atoms. The highest BCUT2D eigenvalue weighted by atomic mass is 32.2. The molecule has 0 fully saturated rings. The van der Waals surface area contributed by atoms with E-state index in [9.17, 15) is 23.3 Å². The Morgan fingerprint density at radius 1 is 1.42 bits per heavy atom. The molecular formula is C10H12N2O6S. The Bertz CT molecular complexity index is 581. The predicted molar refractivity (Wildman–Crippen MR) is 66.0 cm³/mol. The standard InChI is InChI=1S/C10H12N2O6S/c1-7(10(13)14)11-19(17,18)6-8-2-4-9(5-3-8)12(15)16/h2-5,7,11H,6H2,1H3,(H,13,14). The van der Waals surface area contributed by atoms with E-state index in [0.29, 0.717) is 5.56 Å². The van der Waals surface area contributed by atoms with Gasteiger partial charge in [-0.2, -0.15) is 0 Å². The van der Waals surface area contributed by atoms with Crippen molar-refractivity contribution in [1.29, 1.82) is 0 Å². The maximum atomic E-state index is 11.6. The molecule has 1 unspecified atom stereocenters. The molecule has 0 radical (unpaired) electrons. The van der Waals surface area contributed by atoms with Crippen LogP contribution >= 0.6 is 0 Å². The van der Waals surface area contributed by atoms with Crippen molar-refractivity contribution in [1.82, 2.24) is 4.72 Å². The smallest absolute Gasteiger partial charge is 0.321 e. The molecule has 0 aliphatic rings. The molecule has 0 heterocycles. The second kappa shape index (κ2) is 5.76. The predicted octanol–water partition coefficient (Wildman–Crippen LogP) is 0.487. The Morgan fingerprint density at radius 2 is 1.95 bits per heavy atom. The summed E-state index contributed by atoms with van der Waals surface area (Å²) in [6.45, 7) is 1.20. The van der Waals surface area contributed by atoms with Crippen LogP contribution in [0.15, 0.2) is 24.3 Å². The molecule has 0 saturated heterocycles. The number of hydrogen-bond donors (Lipinski definition) is 2. The summed E-state index contributed by atoms with van der Waals surface area (Å²) in [5.41, 5.74) is 0.184. The first-order valence-electron chi connectivity index (χ1n) is 5.17. The van der Waals surface area contributed by atoms with Gasteiger partial charge in [0.15, 0.2) is 0 Å². The second-order valence-corrected chi connectivity index (χ2v) is 5.61. The number of aliphatic carboxylic acids is 1. The minimum atomic E-state index is -3.81. The number of benzene rings is 1. The molecule has 2 N–H and O–H groups in total. The van der Waals surface area contributed by atoms with E-state index >= 15 is 0 Å². The molecular weight excluding hydrogens is 276 g/mol. The highest BCUT2D eigenvalue weighted by Gasteiger charge is 2.20. The van der Waals surface area contributed by atoms with Crippen molar-refractivity contribution in [3.8, 4) is 0 Å². The summed E-state index contributed by atoms with van der Waals surface area (Å²) in [5, 5.41) is 19.0. The number of non-ortho nitro benzene ring substituents is 1. The number of sulfonamides is 1. The van der Waals surface area contributed by atoms with E-state index in [1.807, 2.05) is 4.72 Å². The van der Waals surface area contributed by atoms with Crippen LogP contribution in [0.3, 0.4) is 0 Å². The van der Waals surface area contributed by atoms with Gasteiger partial charge in [-0.25, -0.2) is 13.1 Å². The van der Waals surface area contributed by atoms with Crippen LogP contribution in [0.5, 0.6) is 0 Å². The maximum absolute atomic E-state index is 11.6. The average molecular weight is 288 g/mol. The minimum Gasteiger partial charge on any atom is -0.480 e. The van der Waals surface area contributed by atoms with Gasteiger partial charge < -0.3 is 5.11 Å². The first-order valence-corrected chi connectivity index (χ1v) is 6.82. The van der Waals surface area contributed by atoms with Gasteiger partial charge in [0.05, 0.1) is 10.7 Å². The van der Waals surface area contributed by atoms with Crippen molar-refractivity contribution in [3.63, 3.8) is 0 Å². The second-order valence-electron chi connectivity index (χ2n) is 3.86. The van der Waals surface area contributed by atoms with Gasteiger partial charge in [0.1, 0.15) is 6.04 Å². The van der Waals surface area contributed by atoms with Crippen LogP contribution in [0.2, 0.25) is 0 Å². The van der Waals surface area contributed by atoms with Crippen LogP contribution in [0.1, 0.15) is 12.5 Å². The van der Waals surface area contributed by atoms with Crippen LogP contribution in [0.25, 0.3) is 0 Å². The topological polar surface area (TPSA) is 127 Å². The van der Waals surface area contributed by atoms with Gasteiger partial charge in [-0.3, -0.25) is 14.9 Å². The van der Waals surface area contributed by atoms with Gasteiger partial charge in [0.2, 0.25) is 10.0 Å². The molecule has 0 bridgehead atoms. The molecule has 8 nitrogen and oxygen atoms in total. The van der Waals surface area contributed by atoms with Gasteiger partial charge in [0.25, 0.3) is 5.69 Å². The van der Waals surface area contributed by atoms with Gasteiger partial charge in [-0.15, -0.1) is 0 Å². The van der Waals surface area contributed by atoms with Crippen LogP contribution in [0.4, 0.5) is 5.69 Å². The van der Waals surface area contributed by atoms with Crippen molar-refractivity contribution < 1.29 is 23.2 Å². The number of nitro benzene ring substituents is 1. The zero-order valence-electron chi connectivity index (χ0n) is 9.94. The largest absolute Gasteiger partial charge is 0.480 e. The lowest BCUT2D eigenvalue weighted by atomic mass is 10.2. The first kappa shape index (κ1) is 15.1. The monoisotopic (exact) mass is 288 g/mol. The maximum Gasteiger partial charge on any atom is 0.321 e. The van der Waals surface area contributed by atoms with Crippen LogP contribution in [-0.2, 0) is 20.6 Å². The Hall–Kier alpha value is -2.00. The molecule has 0 amide bonds. The number of nitrogens with zero attached hydrogens (tertiary/aromatic N) is 1. The van der Waals surface area contributed by atoms with Gasteiger partial charge in [-0.1, -0.05) is 12.1 Å². The van der Waals surface area contributed by atoms with Crippen molar-refractivity contribution in [3.05, 3.63) is 39.9 Å². The SMILES string of the molecule is CC(NS(=O)(=O)Cc1ccc([N+](=O)[O-])cc1)C(=O)O. The van der Waals surface area contributed by atoms with E-state index in [1.54, 1.807) is 0 Å². The van der Waals surface area contributed by atoms with Crippen molar-refractivity contribution in [2.75, 3.05) is 0 Å². The third-order valence-electron chi connectivity index (χ3n) is 2.23. The quantitative estimate of drug-likeness (QED) is 0.579. The average Bonchev–Trinajstić information content (AvgIpc) is 2.28. The van der Waals surface area contributed by atoms with E-state index in [2.05, 4.69) is 0 Å². The minimum absolute atomic E-state index is 0.145. The summed E-state index contributed by atoms with van der Waals surface area (Å²) in [6, 6.07) is 3.76. The number of carboxylic acids is 1. The molecule has 19 heavy (non-hydrogen) atoms. The highest BCUT2D eigenvalue weighted by molar-refractivity contribution is 7.88. The number of carboxylic acid groups (broad SMARTS) is 1. The molecule has 104 valence electrons. The summed E-state index contributed by atoms with van der Waals surface area (Å²) in [7, 11) is -3.81. The number of nitro groups is 1. The summed E-state index contributed by atoms with van der Waals surface area (Å²) >= 11 is 0. The third-order valence-corrected chi connectivity index (χ3v) is 3.66. The Labute approximate surface area is 109 Å². The molecule has 1 aromatic rings. The molecule has 0 aliphatic heterocycles. The Morgan fingerprint density at radius 3 is 2.37 bits per heavy atom. The van der Waals surface area contributed by atoms with Crippen molar-refractivity contribution in [2.45, 2.75) is 18.7 Å². The van der Waals surface area contributed by atoms with Crippen LogP contribution in [0, 0.1) is 10.1 Å². The highest BCUT2D eigenvalue weighted by Crippen LogP contribution is 2.13. The summed E-state index contributed by atoms with van der Waals surface area (Å²) in [5.74, 6) is -1.73. The Kier molecular flexibility index (Phi) is 4.57. The van der Waals surface area contributed by atoms with Crippen molar-refractivity contribution >= 4 is 21.7 Å².